The molecule has 0 aromatic heterocycles. The number of nitrogens with two attached hydrogens (primary N) is 1. The van der Waals surface area contributed by atoms with E-state index in [9.17, 15) is 4.79 Å². The molecule has 3 N–H and O–H groups in total. The van der Waals surface area contributed by atoms with E-state index in [1.165, 1.54) is 0 Å². The van der Waals surface area contributed by atoms with Gasteiger partial charge in [0, 0.05) is 12.1 Å². The van der Waals surface area contributed by atoms with Crippen LogP contribution < -0.4 is 11.1 Å². The van der Waals surface area contributed by atoms with Gasteiger partial charge in [0.15, 0.2) is 0 Å². The van der Waals surface area contributed by atoms with Gasteiger partial charge in [-0.2, -0.15) is 0 Å². The number of rotatable bonds is 3. The molecule has 0 spiro atoms. The first-order chi connectivity index (χ1) is 5.95. The Kier molecular flexibility index (Phi) is 5.14. The molecule has 0 aliphatic rings. The van der Waals surface area contributed by atoms with E-state index < -0.39 is 6.09 Å². The summed E-state index contributed by atoms with van der Waals surface area (Å²) >= 11 is 0. The first kappa shape index (κ1) is 12.0. The lowest BCUT2D eigenvalue weighted by Crippen LogP contribution is -2.40. The topological polar surface area (TPSA) is 64.3 Å². The van der Waals surface area contributed by atoms with E-state index in [1.54, 1.807) is 12.2 Å². The zero-order chi connectivity index (χ0) is 10.3. The van der Waals surface area contributed by atoms with Gasteiger partial charge in [-0.3, -0.25) is 0 Å². The van der Waals surface area contributed by atoms with Crippen LogP contribution in [-0.4, -0.2) is 24.8 Å². The molecule has 0 aliphatic heterocycles. The van der Waals surface area contributed by atoms with Crippen LogP contribution >= 0.6 is 0 Å². The lowest BCUT2D eigenvalue weighted by Gasteiger charge is -2.19. The summed E-state index contributed by atoms with van der Waals surface area (Å²) in [6.45, 7) is 6.40. The normalized spacial score (nSPS) is 11.7. The Hall–Kier alpha value is -1.03. The number of alkyl carbamates (subject to hydrolysis) is 1. The van der Waals surface area contributed by atoms with E-state index in [0.29, 0.717) is 6.54 Å². The number of hydrogen-bond donors (Lipinski definition) is 2. The van der Waals surface area contributed by atoms with Gasteiger partial charge in [0.25, 0.3) is 0 Å². The first-order valence-electron chi connectivity index (χ1n) is 4.26. The van der Waals surface area contributed by atoms with Crippen molar-refractivity contribution in [2.24, 2.45) is 5.73 Å². The summed E-state index contributed by atoms with van der Waals surface area (Å²) in [4.78, 5) is 11.0. The van der Waals surface area contributed by atoms with Gasteiger partial charge in [-0.1, -0.05) is 6.08 Å². The number of hydrogen-bond acceptors (Lipinski definition) is 3. The van der Waals surface area contributed by atoms with Crippen molar-refractivity contribution in [3.8, 4) is 0 Å². The van der Waals surface area contributed by atoms with E-state index in [1.807, 2.05) is 20.8 Å². The predicted molar refractivity (Wildman–Crippen MR) is 52.4 cm³/mol. The lowest BCUT2D eigenvalue weighted by atomic mass is 10.1. The molecule has 13 heavy (non-hydrogen) atoms. The Morgan fingerprint density at radius 1 is 1.46 bits per heavy atom. The lowest BCUT2D eigenvalue weighted by molar-refractivity contribution is 0.149. The zero-order valence-electron chi connectivity index (χ0n) is 8.46. The number of nitrogens with one attached hydrogen (secondary N) is 1. The highest BCUT2D eigenvalue weighted by Crippen LogP contribution is 1.98. The molecule has 0 aliphatic carbocycles. The minimum atomic E-state index is -0.408. The van der Waals surface area contributed by atoms with Gasteiger partial charge < -0.3 is 15.8 Å². The van der Waals surface area contributed by atoms with Crippen molar-refractivity contribution in [2.45, 2.75) is 26.3 Å². The summed E-state index contributed by atoms with van der Waals surface area (Å²) in [7, 11) is 0. The van der Waals surface area contributed by atoms with Crippen molar-refractivity contribution in [1.29, 1.82) is 0 Å². The van der Waals surface area contributed by atoms with Crippen molar-refractivity contribution >= 4 is 6.09 Å². The van der Waals surface area contributed by atoms with Gasteiger partial charge >= 0.3 is 6.09 Å². The summed E-state index contributed by atoms with van der Waals surface area (Å²) in [6.07, 6.45) is 3.04. The SMILES string of the molecule is CC(C)(C)NC(=O)OC/C=C\CN. The molecular weight excluding hydrogens is 168 g/mol. The molecule has 0 aromatic rings. The molecule has 0 saturated heterocycles. The third kappa shape index (κ3) is 8.88. The summed E-state index contributed by atoms with van der Waals surface area (Å²) in [6, 6.07) is 0. The van der Waals surface area contributed by atoms with Gasteiger partial charge in [-0.15, -0.1) is 0 Å². The van der Waals surface area contributed by atoms with E-state index in [-0.39, 0.29) is 12.1 Å². The van der Waals surface area contributed by atoms with Gasteiger partial charge in [0.1, 0.15) is 6.61 Å². The Morgan fingerprint density at radius 2 is 2.08 bits per heavy atom. The number of carbonyl (C=O) groups excluding carboxylic acids is 1. The van der Waals surface area contributed by atoms with Crippen LogP contribution in [0.3, 0.4) is 0 Å². The molecular formula is C9H18N2O2. The van der Waals surface area contributed by atoms with E-state index >= 15 is 0 Å². The second kappa shape index (κ2) is 5.59. The molecule has 0 atom stereocenters. The monoisotopic (exact) mass is 186 g/mol. The number of carbonyl (C=O) groups is 1. The minimum absolute atomic E-state index is 0.255. The van der Waals surface area contributed by atoms with Crippen molar-refractivity contribution < 1.29 is 9.53 Å². The maximum Gasteiger partial charge on any atom is 0.407 e. The quantitative estimate of drug-likeness (QED) is 0.647. The van der Waals surface area contributed by atoms with Crippen LogP contribution in [0.4, 0.5) is 4.79 Å². The molecule has 0 unspecified atom stereocenters. The van der Waals surface area contributed by atoms with Crippen molar-refractivity contribution in [1.82, 2.24) is 5.32 Å². The molecule has 0 rings (SSSR count). The maximum atomic E-state index is 11.0. The van der Waals surface area contributed by atoms with Crippen LogP contribution in [0.15, 0.2) is 12.2 Å². The standard InChI is InChI=1S/C9H18N2O2/c1-9(2,3)11-8(12)13-7-5-4-6-10/h4-5H,6-7,10H2,1-3H3,(H,11,12)/b5-4-. The molecule has 0 aromatic carbocycles. The highest BCUT2D eigenvalue weighted by molar-refractivity contribution is 5.68. The Bertz CT molecular complexity index is 183. The van der Waals surface area contributed by atoms with Gasteiger partial charge in [0.05, 0.1) is 0 Å². The highest BCUT2D eigenvalue weighted by atomic mass is 16.5. The van der Waals surface area contributed by atoms with E-state index in [2.05, 4.69) is 5.32 Å². The summed E-state index contributed by atoms with van der Waals surface area (Å²) in [5, 5.41) is 2.67. The second-order valence-electron chi connectivity index (χ2n) is 3.68. The highest BCUT2D eigenvalue weighted by Gasteiger charge is 2.13. The molecule has 0 saturated carbocycles. The van der Waals surface area contributed by atoms with Crippen LogP contribution in [0.5, 0.6) is 0 Å². The van der Waals surface area contributed by atoms with Crippen LogP contribution in [0.2, 0.25) is 0 Å². The van der Waals surface area contributed by atoms with Crippen LogP contribution in [0.1, 0.15) is 20.8 Å². The molecule has 1 amide bonds. The van der Waals surface area contributed by atoms with E-state index in [0.717, 1.165) is 0 Å². The van der Waals surface area contributed by atoms with Gasteiger partial charge in [0.2, 0.25) is 0 Å². The van der Waals surface area contributed by atoms with Gasteiger partial charge in [-0.05, 0) is 26.8 Å². The average Bonchev–Trinajstić information content (AvgIpc) is 1.94. The predicted octanol–water partition coefficient (Wildman–Crippen LogP) is 1.03. The second-order valence-corrected chi connectivity index (χ2v) is 3.68. The van der Waals surface area contributed by atoms with Crippen molar-refractivity contribution in [3.63, 3.8) is 0 Å². The largest absolute Gasteiger partial charge is 0.445 e. The van der Waals surface area contributed by atoms with Crippen molar-refractivity contribution in [2.75, 3.05) is 13.2 Å². The Balaban J connectivity index is 3.58. The molecule has 0 heterocycles. The third-order valence-electron chi connectivity index (χ3n) is 1.09. The fourth-order valence-electron chi connectivity index (χ4n) is 0.630. The fraction of sp³-hybridized carbons (Fsp3) is 0.667. The molecule has 0 radical (unpaired) electrons. The minimum Gasteiger partial charge on any atom is -0.445 e. The maximum absolute atomic E-state index is 11.0. The van der Waals surface area contributed by atoms with Crippen LogP contribution in [0, 0.1) is 0 Å². The molecule has 4 nitrogen and oxygen atoms in total. The van der Waals surface area contributed by atoms with Gasteiger partial charge in [-0.25, -0.2) is 4.79 Å². The zero-order valence-corrected chi connectivity index (χ0v) is 8.46. The molecule has 76 valence electrons. The summed E-state index contributed by atoms with van der Waals surface area (Å²) in [5.41, 5.74) is 4.95. The van der Waals surface area contributed by atoms with Crippen LogP contribution in [-0.2, 0) is 4.74 Å². The molecule has 0 fully saturated rings. The number of amides is 1. The average molecular weight is 186 g/mol. The van der Waals surface area contributed by atoms with E-state index in [4.69, 9.17) is 10.5 Å². The summed E-state index contributed by atoms with van der Waals surface area (Å²) in [5.74, 6) is 0. The summed E-state index contributed by atoms with van der Waals surface area (Å²) < 4.78 is 4.83. The smallest absolute Gasteiger partial charge is 0.407 e. The third-order valence-corrected chi connectivity index (χ3v) is 1.09. The fourth-order valence-corrected chi connectivity index (χ4v) is 0.630. The molecule has 0 bridgehead atoms. The number of ether oxygens (including phenoxy) is 1. The van der Waals surface area contributed by atoms with Crippen molar-refractivity contribution in [3.05, 3.63) is 12.2 Å². The van der Waals surface area contributed by atoms with Crippen LogP contribution in [0.25, 0.3) is 0 Å². The Morgan fingerprint density at radius 3 is 2.54 bits per heavy atom. The first-order valence-corrected chi connectivity index (χ1v) is 4.26. The molecule has 4 heteroatoms. The Labute approximate surface area is 79.1 Å².